The Balaban J connectivity index is 2.13. The average Bonchev–Trinajstić information content (AvgIpc) is 2.72. The van der Waals surface area contributed by atoms with E-state index >= 15 is 0 Å². The molecule has 1 saturated heterocycles. The Kier molecular flexibility index (Phi) is 5.04. The fourth-order valence-corrected chi connectivity index (χ4v) is 2.98. The van der Waals surface area contributed by atoms with Crippen LogP contribution >= 0.6 is 15.9 Å². The summed E-state index contributed by atoms with van der Waals surface area (Å²) in [6, 6.07) is 5.40. The molecule has 0 aliphatic carbocycles. The first-order valence-corrected chi connectivity index (χ1v) is 8.15. The first-order valence-electron chi connectivity index (χ1n) is 7.36. The SMILES string of the molecule is CCC(CC)N1C(=O)CC(Nc2ccc(Br)c(C)c2)C1=O. The van der Waals surface area contributed by atoms with Crippen molar-refractivity contribution >= 4 is 33.4 Å². The molecule has 1 aromatic carbocycles. The third-order valence-corrected chi connectivity index (χ3v) is 4.88. The van der Waals surface area contributed by atoms with E-state index in [9.17, 15) is 9.59 Å². The van der Waals surface area contributed by atoms with E-state index in [0.29, 0.717) is 0 Å². The van der Waals surface area contributed by atoms with Crippen molar-refractivity contribution in [3.63, 3.8) is 0 Å². The summed E-state index contributed by atoms with van der Waals surface area (Å²) in [5.41, 5.74) is 1.96. The molecule has 2 rings (SSSR count). The molecule has 1 fully saturated rings. The average molecular weight is 353 g/mol. The van der Waals surface area contributed by atoms with Crippen molar-refractivity contribution in [2.24, 2.45) is 0 Å². The molecule has 0 aromatic heterocycles. The standard InChI is InChI=1S/C16H21BrN2O2/c1-4-12(5-2)19-15(20)9-14(16(19)21)18-11-6-7-13(17)10(3)8-11/h6-8,12,14,18H,4-5,9H2,1-3H3. The molecule has 0 spiro atoms. The number of likely N-dealkylation sites (tertiary alicyclic amines) is 1. The van der Waals surface area contributed by atoms with Gasteiger partial charge < -0.3 is 5.32 Å². The minimum absolute atomic E-state index is 0.0171. The number of aryl methyl sites for hydroxylation is 1. The van der Waals surface area contributed by atoms with Crippen LogP contribution in [-0.4, -0.2) is 28.8 Å². The number of imide groups is 1. The van der Waals surface area contributed by atoms with Crippen molar-refractivity contribution in [3.8, 4) is 0 Å². The molecule has 1 atom stereocenters. The highest BCUT2D eigenvalue weighted by atomic mass is 79.9. The van der Waals surface area contributed by atoms with Gasteiger partial charge in [0.2, 0.25) is 5.91 Å². The van der Waals surface area contributed by atoms with Crippen molar-refractivity contribution in [2.45, 2.75) is 52.1 Å². The van der Waals surface area contributed by atoms with E-state index in [1.54, 1.807) is 0 Å². The zero-order valence-corrected chi connectivity index (χ0v) is 14.2. The van der Waals surface area contributed by atoms with Gasteiger partial charge >= 0.3 is 0 Å². The maximum absolute atomic E-state index is 12.5. The molecule has 0 saturated carbocycles. The number of benzene rings is 1. The second kappa shape index (κ2) is 6.60. The first-order chi connectivity index (χ1) is 9.97. The van der Waals surface area contributed by atoms with Gasteiger partial charge in [0.25, 0.3) is 5.91 Å². The number of amides is 2. The Hall–Kier alpha value is -1.36. The third-order valence-electron chi connectivity index (χ3n) is 3.99. The smallest absolute Gasteiger partial charge is 0.252 e. The number of hydrogen-bond donors (Lipinski definition) is 1. The van der Waals surface area contributed by atoms with Gasteiger partial charge in [0.05, 0.1) is 6.42 Å². The van der Waals surface area contributed by atoms with Gasteiger partial charge in [0.15, 0.2) is 0 Å². The number of hydrogen-bond acceptors (Lipinski definition) is 3. The van der Waals surface area contributed by atoms with Crippen LogP contribution in [0.2, 0.25) is 0 Å². The van der Waals surface area contributed by atoms with Crippen LogP contribution in [0.1, 0.15) is 38.7 Å². The van der Waals surface area contributed by atoms with Gasteiger partial charge in [-0.15, -0.1) is 0 Å². The van der Waals surface area contributed by atoms with Crippen LogP contribution < -0.4 is 5.32 Å². The van der Waals surface area contributed by atoms with Gasteiger partial charge in [-0.25, -0.2) is 0 Å². The zero-order chi connectivity index (χ0) is 15.6. The molecule has 0 radical (unpaired) electrons. The number of halogens is 1. The number of rotatable bonds is 5. The molecule has 1 heterocycles. The van der Waals surface area contributed by atoms with Gasteiger partial charge in [-0.05, 0) is 43.5 Å². The molecule has 1 unspecified atom stereocenters. The highest BCUT2D eigenvalue weighted by Gasteiger charge is 2.41. The fourth-order valence-electron chi connectivity index (χ4n) is 2.74. The number of carbonyl (C=O) groups excluding carboxylic acids is 2. The summed E-state index contributed by atoms with van der Waals surface area (Å²) in [5.74, 6) is -0.172. The molecule has 114 valence electrons. The van der Waals surface area contributed by atoms with Gasteiger partial charge in [-0.2, -0.15) is 0 Å². The Morgan fingerprint density at radius 1 is 1.33 bits per heavy atom. The van der Waals surface area contributed by atoms with Crippen molar-refractivity contribution in [1.29, 1.82) is 0 Å². The van der Waals surface area contributed by atoms with E-state index in [2.05, 4.69) is 21.2 Å². The van der Waals surface area contributed by atoms with E-state index in [1.165, 1.54) is 4.90 Å². The van der Waals surface area contributed by atoms with Crippen LogP contribution in [-0.2, 0) is 9.59 Å². The topological polar surface area (TPSA) is 49.4 Å². The van der Waals surface area contributed by atoms with Crippen molar-refractivity contribution in [2.75, 3.05) is 5.32 Å². The van der Waals surface area contributed by atoms with E-state index in [1.807, 2.05) is 39.0 Å². The Bertz CT molecular complexity index is 555. The first kappa shape index (κ1) is 16.0. The molecule has 1 aromatic rings. The van der Waals surface area contributed by atoms with Gasteiger partial charge in [-0.1, -0.05) is 29.8 Å². The van der Waals surface area contributed by atoms with Crippen LogP contribution in [0.25, 0.3) is 0 Å². The van der Waals surface area contributed by atoms with Crippen molar-refractivity contribution in [1.82, 2.24) is 4.90 Å². The van der Waals surface area contributed by atoms with E-state index in [0.717, 1.165) is 28.6 Å². The minimum Gasteiger partial charge on any atom is -0.373 e. The lowest BCUT2D eigenvalue weighted by atomic mass is 10.1. The second-order valence-electron chi connectivity index (χ2n) is 5.44. The third kappa shape index (κ3) is 3.28. The number of anilines is 1. The normalized spacial score (nSPS) is 18.7. The van der Waals surface area contributed by atoms with Gasteiger partial charge in [0.1, 0.15) is 6.04 Å². The number of nitrogens with one attached hydrogen (secondary N) is 1. The van der Waals surface area contributed by atoms with E-state index in [4.69, 9.17) is 0 Å². The highest BCUT2D eigenvalue weighted by Crippen LogP contribution is 2.25. The minimum atomic E-state index is -0.446. The van der Waals surface area contributed by atoms with Crippen molar-refractivity contribution in [3.05, 3.63) is 28.2 Å². The van der Waals surface area contributed by atoms with Gasteiger partial charge in [0, 0.05) is 16.2 Å². The molecule has 21 heavy (non-hydrogen) atoms. The fraction of sp³-hybridized carbons (Fsp3) is 0.500. The van der Waals surface area contributed by atoms with E-state index < -0.39 is 6.04 Å². The van der Waals surface area contributed by atoms with Crippen LogP contribution in [0.3, 0.4) is 0 Å². The summed E-state index contributed by atoms with van der Waals surface area (Å²) < 4.78 is 1.03. The molecule has 1 aliphatic heterocycles. The predicted molar refractivity (Wildman–Crippen MR) is 87.1 cm³/mol. The van der Waals surface area contributed by atoms with E-state index in [-0.39, 0.29) is 24.3 Å². The molecular weight excluding hydrogens is 332 g/mol. The monoisotopic (exact) mass is 352 g/mol. The molecular formula is C16H21BrN2O2. The van der Waals surface area contributed by atoms with Gasteiger partial charge in [-0.3, -0.25) is 14.5 Å². The highest BCUT2D eigenvalue weighted by molar-refractivity contribution is 9.10. The quantitative estimate of drug-likeness (QED) is 0.825. The lowest BCUT2D eigenvalue weighted by Crippen LogP contribution is -2.41. The molecule has 2 amide bonds. The molecule has 0 bridgehead atoms. The summed E-state index contributed by atoms with van der Waals surface area (Å²) in [6.45, 7) is 6.01. The predicted octanol–water partition coefficient (Wildman–Crippen LogP) is 3.49. The lowest BCUT2D eigenvalue weighted by molar-refractivity contribution is -0.141. The molecule has 5 heteroatoms. The van der Waals surface area contributed by atoms with Crippen LogP contribution in [0.5, 0.6) is 0 Å². The molecule has 1 N–H and O–H groups in total. The summed E-state index contributed by atoms with van der Waals surface area (Å²) in [4.78, 5) is 26.0. The second-order valence-corrected chi connectivity index (χ2v) is 6.29. The van der Waals surface area contributed by atoms with Crippen LogP contribution in [0.15, 0.2) is 22.7 Å². The Labute approximate surface area is 134 Å². The molecule has 4 nitrogen and oxygen atoms in total. The molecule has 1 aliphatic rings. The van der Waals surface area contributed by atoms with Crippen molar-refractivity contribution < 1.29 is 9.59 Å². The summed E-state index contributed by atoms with van der Waals surface area (Å²) >= 11 is 3.45. The number of carbonyl (C=O) groups is 2. The Morgan fingerprint density at radius 3 is 2.57 bits per heavy atom. The largest absolute Gasteiger partial charge is 0.373 e. The number of nitrogens with zero attached hydrogens (tertiary/aromatic N) is 1. The lowest BCUT2D eigenvalue weighted by Gasteiger charge is -2.24. The maximum atomic E-state index is 12.5. The van der Waals surface area contributed by atoms with Crippen LogP contribution in [0, 0.1) is 6.92 Å². The summed E-state index contributed by atoms with van der Waals surface area (Å²) in [5, 5.41) is 3.19. The maximum Gasteiger partial charge on any atom is 0.252 e. The zero-order valence-electron chi connectivity index (χ0n) is 12.6. The Morgan fingerprint density at radius 2 is 2.00 bits per heavy atom. The van der Waals surface area contributed by atoms with Crippen LogP contribution in [0.4, 0.5) is 5.69 Å². The summed E-state index contributed by atoms with van der Waals surface area (Å²) in [6.07, 6.45) is 1.85. The summed E-state index contributed by atoms with van der Waals surface area (Å²) in [7, 11) is 0.